The molecule has 2 aromatic rings. The molecule has 3 rings (SSSR count). The number of aryl methyl sites for hydroxylation is 1. The van der Waals surface area contributed by atoms with Gasteiger partial charge in [-0.15, -0.1) is 0 Å². The fraction of sp³-hybridized carbons (Fsp3) is 0.211. The van der Waals surface area contributed by atoms with Crippen LogP contribution in [0.25, 0.3) is 0 Å². The van der Waals surface area contributed by atoms with Gasteiger partial charge in [0, 0.05) is 8.30 Å². The van der Waals surface area contributed by atoms with Crippen molar-refractivity contribution in [1.29, 1.82) is 0 Å². The van der Waals surface area contributed by atoms with Crippen LogP contribution < -0.4 is 5.73 Å². The van der Waals surface area contributed by atoms with Crippen molar-refractivity contribution in [1.82, 2.24) is 0 Å². The van der Waals surface area contributed by atoms with Gasteiger partial charge in [-0.05, 0) is 17.5 Å². The molecule has 0 aliphatic carbocycles. The Bertz CT molecular complexity index is 1140. The maximum Gasteiger partial charge on any atom is 0.313 e. The highest BCUT2D eigenvalue weighted by Crippen LogP contribution is 2.32. The molecule has 0 saturated heterocycles. The summed E-state index contributed by atoms with van der Waals surface area (Å²) in [6.07, 6.45) is -4.12. The van der Waals surface area contributed by atoms with Crippen LogP contribution in [0, 0.1) is 0 Å². The fourth-order valence-electron chi connectivity index (χ4n) is 2.26. The van der Waals surface area contributed by atoms with Crippen LogP contribution in [0.1, 0.15) is 36.5 Å². The summed E-state index contributed by atoms with van der Waals surface area (Å²) in [4.78, 5) is 12.8. The Morgan fingerprint density at radius 1 is 1.15 bits per heavy atom. The van der Waals surface area contributed by atoms with Gasteiger partial charge in [0.15, 0.2) is 6.08 Å². The number of ether oxygens (including phenoxy) is 1. The van der Waals surface area contributed by atoms with Gasteiger partial charge in [-0.2, -0.15) is 8.42 Å². The molecule has 7 heteroatoms. The first-order chi connectivity index (χ1) is 14.2. The maximum absolute atomic E-state index is 12.8. The number of nitrogens with two attached hydrogens (primary N) is 1. The molecule has 26 heavy (non-hydrogen) atoms. The van der Waals surface area contributed by atoms with Crippen molar-refractivity contribution in [3.63, 3.8) is 0 Å². The number of hydrogen-bond donors (Lipinski definition) is 1. The standard InChI is InChI=1S/C19H19NO5S/c1-2-13-8-10-15(11-9-13)17-16(21)18(19(20)24-17)25-26(22,23)12-14-6-4-3-5-7-14/h3-11,17H,2,12,20H2,1H3/t17-/m1/s1/i2D2,12D2,17D. The molecule has 1 aliphatic rings. The monoisotopic (exact) mass is 378 g/mol. The molecular formula is C19H19NO5S. The Hall–Kier alpha value is -2.80. The zero-order valence-corrected chi connectivity index (χ0v) is 14.5. The minimum absolute atomic E-state index is 0.0319. The van der Waals surface area contributed by atoms with E-state index in [2.05, 4.69) is 0 Å². The number of Topliss-reactive ketones (excluding diaryl/α,β-unsaturated/α-hetero) is 1. The van der Waals surface area contributed by atoms with Gasteiger partial charge in [0.05, 0.1) is 4.11 Å². The maximum atomic E-state index is 12.8. The number of carbonyl (C=O) groups excluding carboxylic acids is 1. The van der Waals surface area contributed by atoms with Crippen molar-refractivity contribution >= 4 is 15.9 Å². The number of rotatable bonds is 6. The van der Waals surface area contributed by atoms with Crippen LogP contribution in [-0.4, -0.2) is 14.2 Å². The normalized spacial score (nSPS) is 24.0. The molecule has 0 unspecified atom stereocenters. The van der Waals surface area contributed by atoms with Crippen molar-refractivity contribution in [2.24, 2.45) is 5.73 Å². The number of hydrogen-bond acceptors (Lipinski definition) is 6. The third-order valence-electron chi connectivity index (χ3n) is 3.49. The quantitative estimate of drug-likeness (QED) is 0.776. The van der Waals surface area contributed by atoms with E-state index in [4.69, 9.17) is 21.5 Å². The summed E-state index contributed by atoms with van der Waals surface area (Å²) >= 11 is 0. The van der Waals surface area contributed by atoms with Crippen LogP contribution in [0.4, 0.5) is 0 Å². The summed E-state index contributed by atoms with van der Waals surface area (Å²) in [6.45, 7) is 1.34. The summed E-state index contributed by atoms with van der Waals surface area (Å²) in [5.41, 5.74) is 2.65. The summed E-state index contributed by atoms with van der Waals surface area (Å²) < 4.78 is 74.8. The molecule has 136 valence electrons. The third-order valence-corrected chi connectivity index (χ3v) is 4.37. The molecule has 6 nitrogen and oxygen atoms in total. The first-order valence-electron chi connectivity index (χ1n) is 10.0. The van der Waals surface area contributed by atoms with E-state index in [9.17, 15) is 13.2 Å². The van der Waals surface area contributed by atoms with Gasteiger partial charge in [-0.25, -0.2) is 0 Å². The number of ketones is 1. The lowest BCUT2D eigenvalue weighted by atomic mass is 10.0. The molecule has 0 radical (unpaired) electrons. The van der Waals surface area contributed by atoms with Crippen molar-refractivity contribution in [2.45, 2.75) is 25.1 Å². The highest BCUT2D eigenvalue weighted by Gasteiger charge is 2.39. The number of benzene rings is 2. The third kappa shape index (κ3) is 3.88. The van der Waals surface area contributed by atoms with Crippen molar-refractivity contribution in [3.05, 3.63) is 82.9 Å². The van der Waals surface area contributed by atoms with Crippen LogP contribution in [0.15, 0.2) is 66.2 Å². The van der Waals surface area contributed by atoms with E-state index in [1.165, 1.54) is 55.5 Å². The molecule has 0 spiro atoms. The van der Waals surface area contributed by atoms with Crippen LogP contribution in [-0.2, 0) is 35.9 Å². The Labute approximate surface area is 159 Å². The molecule has 1 aliphatic heterocycles. The predicted octanol–water partition coefficient (Wildman–Crippen LogP) is 2.56. The van der Waals surface area contributed by atoms with Crippen LogP contribution in [0.3, 0.4) is 0 Å². The SMILES string of the molecule is [2H]C([2H])(C)c1ccc([C@@]2([2H])OC(N)=C(OS(=O)(=O)C([2H])([2H])c3ccccc3)C2=O)cc1. The van der Waals surface area contributed by atoms with E-state index >= 15 is 0 Å². The highest BCUT2D eigenvalue weighted by atomic mass is 32.2. The molecule has 0 fully saturated rings. The molecular weight excluding hydrogens is 354 g/mol. The summed E-state index contributed by atoms with van der Waals surface area (Å²) in [6, 6.07) is 12.2. The molecule has 1 heterocycles. The minimum atomic E-state index is -5.06. The van der Waals surface area contributed by atoms with Crippen LogP contribution >= 0.6 is 0 Å². The summed E-state index contributed by atoms with van der Waals surface area (Å²) in [5, 5.41) is 0. The largest absolute Gasteiger partial charge is 0.460 e. The zero-order chi connectivity index (χ0) is 23.2. The van der Waals surface area contributed by atoms with E-state index in [-0.39, 0.29) is 11.1 Å². The van der Waals surface area contributed by atoms with E-state index in [1.807, 2.05) is 0 Å². The lowest BCUT2D eigenvalue weighted by molar-refractivity contribution is -0.123. The molecule has 0 aromatic heterocycles. The number of carbonyl (C=O) groups is 1. The second-order valence-electron chi connectivity index (χ2n) is 5.29. The van der Waals surface area contributed by atoms with Crippen molar-refractivity contribution in [2.75, 3.05) is 0 Å². The van der Waals surface area contributed by atoms with E-state index in [0.717, 1.165) is 0 Å². The van der Waals surface area contributed by atoms with Gasteiger partial charge in [-0.3, -0.25) is 4.79 Å². The van der Waals surface area contributed by atoms with Crippen LogP contribution in [0.5, 0.6) is 0 Å². The van der Waals surface area contributed by atoms with Crippen molar-refractivity contribution in [3.8, 4) is 0 Å². The van der Waals surface area contributed by atoms with Crippen molar-refractivity contribution < 1.29 is 29.0 Å². The van der Waals surface area contributed by atoms with Crippen LogP contribution in [0.2, 0.25) is 0 Å². The average Bonchev–Trinajstić information content (AvgIpc) is 2.91. The highest BCUT2D eigenvalue weighted by molar-refractivity contribution is 7.86. The average molecular weight is 378 g/mol. The van der Waals surface area contributed by atoms with Gasteiger partial charge in [0.2, 0.25) is 17.4 Å². The Morgan fingerprint density at radius 2 is 1.81 bits per heavy atom. The molecule has 2 N–H and O–H groups in total. The van der Waals surface area contributed by atoms with Gasteiger partial charge >= 0.3 is 10.1 Å². The van der Waals surface area contributed by atoms with Gasteiger partial charge < -0.3 is 14.7 Å². The van der Waals surface area contributed by atoms with Gasteiger partial charge in [-0.1, -0.05) is 61.5 Å². The Kier molecular flexibility index (Phi) is 3.48. The molecule has 0 bridgehead atoms. The van der Waals surface area contributed by atoms with E-state index < -0.39 is 45.7 Å². The minimum Gasteiger partial charge on any atom is -0.460 e. The second kappa shape index (κ2) is 7.21. The second-order valence-corrected chi connectivity index (χ2v) is 6.57. The lowest BCUT2D eigenvalue weighted by Crippen LogP contribution is -2.16. The molecule has 2 aromatic carbocycles. The first kappa shape index (κ1) is 12.5. The molecule has 0 amide bonds. The zero-order valence-electron chi connectivity index (χ0n) is 18.7. The first-order valence-corrected chi connectivity index (χ1v) is 8.95. The molecule has 0 saturated carbocycles. The Balaban J connectivity index is 1.91. The molecule has 1 atom stereocenters. The topological polar surface area (TPSA) is 95.7 Å². The van der Waals surface area contributed by atoms with E-state index in [1.54, 1.807) is 6.07 Å². The summed E-state index contributed by atoms with van der Waals surface area (Å²) in [7, 11) is -5.06. The lowest BCUT2D eigenvalue weighted by Gasteiger charge is -2.10. The van der Waals surface area contributed by atoms with Gasteiger partial charge in [0.1, 0.15) is 5.70 Å². The van der Waals surface area contributed by atoms with Gasteiger partial charge in [0.25, 0.3) is 0 Å². The smallest absolute Gasteiger partial charge is 0.313 e. The Morgan fingerprint density at radius 3 is 2.42 bits per heavy atom. The van der Waals surface area contributed by atoms with E-state index in [0.29, 0.717) is 5.56 Å². The predicted molar refractivity (Wildman–Crippen MR) is 96.0 cm³/mol. The fourth-order valence-corrected chi connectivity index (χ4v) is 3.10. The summed E-state index contributed by atoms with van der Waals surface area (Å²) in [5.74, 6) is -3.00.